The Morgan fingerprint density at radius 2 is 2.04 bits per heavy atom. The van der Waals surface area contributed by atoms with Gasteiger partial charge in [0, 0.05) is 30.4 Å². The molecule has 1 N–H and O–H groups in total. The molecule has 1 fully saturated rings. The number of amides is 1. The SMILES string of the molecule is CCC(=O)N1CCC[C@H]1c1nc(C)cc(Nc2cccc(C)n2)n1. The van der Waals surface area contributed by atoms with Gasteiger partial charge in [-0.15, -0.1) is 0 Å². The Labute approximate surface area is 142 Å². The summed E-state index contributed by atoms with van der Waals surface area (Å²) in [5.74, 6) is 2.35. The van der Waals surface area contributed by atoms with Crippen LogP contribution in [0.2, 0.25) is 0 Å². The quantitative estimate of drug-likeness (QED) is 0.934. The van der Waals surface area contributed by atoms with Gasteiger partial charge in [0.15, 0.2) is 5.82 Å². The van der Waals surface area contributed by atoms with Gasteiger partial charge >= 0.3 is 0 Å². The summed E-state index contributed by atoms with van der Waals surface area (Å²) >= 11 is 0. The fourth-order valence-electron chi connectivity index (χ4n) is 3.09. The number of hydrogen-bond donors (Lipinski definition) is 1. The molecule has 1 aliphatic heterocycles. The molecule has 126 valence electrons. The van der Waals surface area contributed by atoms with Crippen molar-refractivity contribution in [3.05, 3.63) is 41.5 Å². The number of aromatic nitrogens is 3. The van der Waals surface area contributed by atoms with Gasteiger partial charge in [-0.2, -0.15) is 0 Å². The molecule has 6 heteroatoms. The first-order valence-electron chi connectivity index (χ1n) is 8.42. The molecule has 24 heavy (non-hydrogen) atoms. The highest BCUT2D eigenvalue weighted by molar-refractivity contribution is 5.76. The number of carbonyl (C=O) groups is 1. The first kappa shape index (κ1) is 16.4. The van der Waals surface area contributed by atoms with E-state index >= 15 is 0 Å². The Balaban J connectivity index is 1.87. The molecule has 3 heterocycles. The Morgan fingerprint density at radius 3 is 2.79 bits per heavy atom. The zero-order chi connectivity index (χ0) is 17.1. The highest BCUT2D eigenvalue weighted by atomic mass is 16.2. The molecule has 6 nitrogen and oxygen atoms in total. The van der Waals surface area contributed by atoms with Gasteiger partial charge < -0.3 is 10.2 Å². The van der Waals surface area contributed by atoms with Crippen LogP contribution in [0.15, 0.2) is 24.3 Å². The van der Waals surface area contributed by atoms with Crippen LogP contribution in [-0.2, 0) is 4.79 Å². The van der Waals surface area contributed by atoms with E-state index in [0.29, 0.717) is 18.1 Å². The third kappa shape index (κ3) is 3.53. The average molecular weight is 325 g/mol. The number of nitrogens with one attached hydrogen (secondary N) is 1. The van der Waals surface area contributed by atoms with Crippen LogP contribution in [-0.4, -0.2) is 32.3 Å². The molecule has 1 amide bonds. The summed E-state index contributed by atoms with van der Waals surface area (Å²) in [7, 11) is 0. The lowest BCUT2D eigenvalue weighted by Gasteiger charge is -2.23. The number of carbonyl (C=O) groups excluding carboxylic acids is 1. The summed E-state index contributed by atoms with van der Waals surface area (Å²) < 4.78 is 0. The van der Waals surface area contributed by atoms with E-state index in [1.54, 1.807) is 0 Å². The predicted molar refractivity (Wildman–Crippen MR) is 93.0 cm³/mol. The number of rotatable bonds is 4. The highest BCUT2D eigenvalue weighted by Crippen LogP contribution is 2.31. The first-order valence-corrected chi connectivity index (χ1v) is 8.42. The van der Waals surface area contributed by atoms with Gasteiger partial charge in [-0.25, -0.2) is 15.0 Å². The van der Waals surface area contributed by atoms with E-state index in [4.69, 9.17) is 0 Å². The monoisotopic (exact) mass is 325 g/mol. The molecule has 0 spiro atoms. The topological polar surface area (TPSA) is 71.0 Å². The van der Waals surface area contributed by atoms with Gasteiger partial charge in [-0.1, -0.05) is 13.0 Å². The summed E-state index contributed by atoms with van der Waals surface area (Å²) in [5.41, 5.74) is 1.83. The lowest BCUT2D eigenvalue weighted by atomic mass is 10.2. The van der Waals surface area contributed by atoms with Crippen molar-refractivity contribution in [1.29, 1.82) is 0 Å². The maximum absolute atomic E-state index is 12.1. The number of nitrogens with zero attached hydrogens (tertiary/aromatic N) is 4. The molecule has 1 atom stereocenters. The summed E-state index contributed by atoms with van der Waals surface area (Å²) in [4.78, 5) is 27.7. The van der Waals surface area contributed by atoms with Crippen molar-refractivity contribution in [2.45, 2.75) is 46.1 Å². The molecular formula is C18H23N5O. The van der Waals surface area contributed by atoms with Crippen molar-refractivity contribution in [2.24, 2.45) is 0 Å². The molecule has 1 aliphatic rings. The van der Waals surface area contributed by atoms with Crippen molar-refractivity contribution >= 4 is 17.5 Å². The number of anilines is 2. The molecule has 0 unspecified atom stereocenters. The van der Waals surface area contributed by atoms with Crippen LogP contribution in [0.5, 0.6) is 0 Å². The van der Waals surface area contributed by atoms with Gasteiger partial charge in [0.25, 0.3) is 0 Å². The number of aryl methyl sites for hydroxylation is 2. The molecule has 2 aromatic rings. The normalized spacial score (nSPS) is 17.1. The van der Waals surface area contributed by atoms with E-state index in [9.17, 15) is 4.79 Å². The first-order chi connectivity index (χ1) is 11.6. The third-order valence-electron chi connectivity index (χ3n) is 4.19. The molecule has 0 aliphatic carbocycles. The smallest absolute Gasteiger partial charge is 0.222 e. The summed E-state index contributed by atoms with van der Waals surface area (Å²) in [6, 6.07) is 7.69. The average Bonchev–Trinajstić information content (AvgIpc) is 3.03. The van der Waals surface area contributed by atoms with E-state index in [-0.39, 0.29) is 11.9 Å². The van der Waals surface area contributed by atoms with E-state index in [0.717, 1.165) is 36.6 Å². The fourth-order valence-corrected chi connectivity index (χ4v) is 3.09. The van der Waals surface area contributed by atoms with Crippen LogP contribution in [0.3, 0.4) is 0 Å². The van der Waals surface area contributed by atoms with E-state index in [1.807, 2.05) is 49.9 Å². The van der Waals surface area contributed by atoms with Crippen LogP contribution >= 0.6 is 0 Å². The largest absolute Gasteiger partial charge is 0.332 e. The molecular weight excluding hydrogens is 302 g/mol. The van der Waals surface area contributed by atoms with Crippen LogP contribution in [0.25, 0.3) is 0 Å². The van der Waals surface area contributed by atoms with Crippen LogP contribution in [0.1, 0.15) is 49.4 Å². The van der Waals surface area contributed by atoms with Gasteiger partial charge in [-0.05, 0) is 38.8 Å². The lowest BCUT2D eigenvalue weighted by Crippen LogP contribution is -2.31. The third-order valence-corrected chi connectivity index (χ3v) is 4.19. The number of likely N-dealkylation sites (tertiary alicyclic amines) is 1. The Hall–Kier alpha value is -2.50. The Bertz CT molecular complexity index is 746. The maximum Gasteiger partial charge on any atom is 0.222 e. The Kier molecular flexibility index (Phi) is 4.74. The van der Waals surface area contributed by atoms with E-state index in [1.165, 1.54) is 0 Å². The van der Waals surface area contributed by atoms with Gasteiger partial charge in [0.05, 0.1) is 6.04 Å². The summed E-state index contributed by atoms with van der Waals surface area (Å²) in [6.45, 7) is 6.58. The van der Waals surface area contributed by atoms with Gasteiger partial charge in [-0.3, -0.25) is 4.79 Å². The predicted octanol–water partition coefficient (Wildman–Crippen LogP) is 3.31. The molecule has 0 aromatic carbocycles. The number of pyridine rings is 1. The van der Waals surface area contributed by atoms with Crippen molar-refractivity contribution < 1.29 is 4.79 Å². The van der Waals surface area contributed by atoms with Gasteiger partial charge in [0.1, 0.15) is 11.6 Å². The second-order valence-corrected chi connectivity index (χ2v) is 6.14. The molecule has 2 aromatic heterocycles. The minimum Gasteiger partial charge on any atom is -0.332 e. The standard InChI is InChI=1S/C18H23N5O/c1-4-17(24)23-10-6-8-14(23)18-20-13(3)11-16(22-18)21-15-9-5-7-12(2)19-15/h5,7,9,11,14H,4,6,8,10H2,1-3H3,(H,19,20,21,22)/t14-/m0/s1. The minimum atomic E-state index is -0.0247. The second-order valence-electron chi connectivity index (χ2n) is 6.14. The minimum absolute atomic E-state index is 0.0247. The van der Waals surface area contributed by atoms with Crippen molar-refractivity contribution in [2.75, 3.05) is 11.9 Å². The lowest BCUT2D eigenvalue weighted by molar-refractivity contribution is -0.131. The van der Waals surface area contributed by atoms with Crippen LogP contribution in [0, 0.1) is 13.8 Å². The summed E-state index contributed by atoms with van der Waals surface area (Å²) in [6.07, 6.45) is 2.42. The van der Waals surface area contributed by atoms with Crippen LogP contribution in [0.4, 0.5) is 11.6 Å². The van der Waals surface area contributed by atoms with Crippen molar-refractivity contribution in [1.82, 2.24) is 19.9 Å². The fraction of sp³-hybridized carbons (Fsp3) is 0.444. The van der Waals surface area contributed by atoms with Crippen molar-refractivity contribution in [3.63, 3.8) is 0 Å². The van der Waals surface area contributed by atoms with Gasteiger partial charge in [0.2, 0.25) is 5.91 Å². The van der Waals surface area contributed by atoms with E-state index < -0.39 is 0 Å². The zero-order valence-electron chi connectivity index (χ0n) is 14.4. The zero-order valence-corrected chi connectivity index (χ0v) is 14.4. The Morgan fingerprint density at radius 1 is 1.21 bits per heavy atom. The maximum atomic E-state index is 12.1. The van der Waals surface area contributed by atoms with E-state index in [2.05, 4.69) is 20.3 Å². The molecule has 1 saturated heterocycles. The molecule has 0 radical (unpaired) electrons. The number of hydrogen-bond acceptors (Lipinski definition) is 5. The molecule has 0 saturated carbocycles. The second kappa shape index (κ2) is 6.95. The molecule has 3 rings (SSSR count). The highest BCUT2D eigenvalue weighted by Gasteiger charge is 2.31. The van der Waals surface area contributed by atoms with Crippen LogP contribution < -0.4 is 5.32 Å². The van der Waals surface area contributed by atoms with Crippen molar-refractivity contribution in [3.8, 4) is 0 Å². The molecule has 0 bridgehead atoms. The summed E-state index contributed by atoms with van der Waals surface area (Å²) in [5, 5.41) is 3.24.